The van der Waals surface area contributed by atoms with E-state index in [4.69, 9.17) is 16.9 Å². The van der Waals surface area contributed by atoms with E-state index in [-0.39, 0.29) is 10.7 Å². The van der Waals surface area contributed by atoms with Gasteiger partial charge in [0.1, 0.15) is 6.07 Å². The van der Waals surface area contributed by atoms with Gasteiger partial charge in [-0.3, -0.25) is 4.79 Å². The Morgan fingerprint density at radius 3 is 2.75 bits per heavy atom. The van der Waals surface area contributed by atoms with Gasteiger partial charge in [-0.1, -0.05) is 13.8 Å². The lowest BCUT2D eigenvalue weighted by molar-refractivity contribution is -0.113. The second kappa shape index (κ2) is 5.03. The first-order valence-electron chi connectivity index (χ1n) is 4.78. The van der Waals surface area contributed by atoms with Gasteiger partial charge in [0.25, 0.3) is 0 Å². The normalized spacial score (nSPS) is 11.2. The summed E-state index contributed by atoms with van der Waals surface area (Å²) in [6.45, 7) is 4.56. The number of nitrogens with zero attached hydrogens (tertiary/aromatic N) is 2. The molecular formula is C11H12BrClN2O. The number of hydrogen-bond donors (Lipinski definition) is 0. The van der Waals surface area contributed by atoms with E-state index in [0.29, 0.717) is 18.5 Å². The third-order valence-electron chi connectivity index (χ3n) is 2.19. The molecule has 0 bridgehead atoms. The molecule has 16 heavy (non-hydrogen) atoms. The van der Waals surface area contributed by atoms with Gasteiger partial charge in [0.05, 0.1) is 10.2 Å². The third kappa shape index (κ3) is 3.66. The fourth-order valence-electron chi connectivity index (χ4n) is 1.55. The molecule has 0 fully saturated rings. The molecule has 0 spiro atoms. The van der Waals surface area contributed by atoms with Crippen LogP contribution in [0.5, 0.6) is 0 Å². The van der Waals surface area contributed by atoms with E-state index in [9.17, 15) is 4.79 Å². The van der Waals surface area contributed by atoms with Crippen LogP contribution in [-0.2, 0) is 11.3 Å². The highest BCUT2D eigenvalue weighted by Gasteiger charge is 2.22. The second-order valence-corrected chi connectivity index (χ2v) is 5.72. The van der Waals surface area contributed by atoms with Gasteiger partial charge in [-0.05, 0) is 39.0 Å². The summed E-state index contributed by atoms with van der Waals surface area (Å²) in [5.41, 5.74) is 0.368. The van der Waals surface area contributed by atoms with Gasteiger partial charge in [-0.15, -0.1) is 0 Å². The van der Waals surface area contributed by atoms with E-state index in [1.807, 2.05) is 18.4 Å². The van der Waals surface area contributed by atoms with Crippen molar-refractivity contribution in [2.45, 2.75) is 26.8 Å². The van der Waals surface area contributed by atoms with Crippen molar-refractivity contribution in [2.75, 3.05) is 0 Å². The zero-order valence-electron chi connectivity index (χ0n) is 9.13. The van der Waals surface area contributed by atoms with E-state index in [0.717, 1.165) is 4.60 Å². The minimum atomic E-state index is -0.339. The van der Waals surface area contributed by atoms with Gasteiger partial charge in [-0.2, -0.15) is 5.26 Å². The summed E-state index contributed by atoms with van der Waals surface area (Å²) in [6, 6.07) is 3.82. The number of carbonyl (C=O) groups excluding carboxylic acids is 1. The highest BCUT2D eigenvalue weighted by Crippen LogP contribution is 2.27. The van der Waals surface area contributed by atoms with Crippen LogP contribution < -0.4 is 0 Å². The maximum absolute atomic E-state index is 10.9. The van der Waals surface area contributed by atoms with Crippen molar-refractivity contribution in [3.05, 3.63) is 22.4 Å². The first-order chi connectivity index (χ1) is 7.34. The summed E-state index contributed by atoms with van der Waals surface area (Å²) in [6.07, 6.45) is 2.06. The molecule has 1 rings (SSSR count). The zero-order valence-corrected chi connectivity index (χ0v) is 11.5. The molecule has 0 aliphatic rings. The van der Waals surface area contributed by atoms with Crippen LogP contribution in [0.1, 0.15) is 25.8 Å². The molecule has 1 heterocycles. The Morgan fingerprint density at radius 1 is 1.69 bits per heavy atom. The average molecular weight is 304 g/mol. The van der Waals surface area contributed by atoms with Gasteiger partial charge < -0.3 is 4.57 Å². The Hall–Kier alpha value is -0.790. The Morgan fingerprint density at radius 2 is 2.31 bits per heavy atom. The van der Waals surface area contributed by atoms with E-state index in [1.54, 1.807) is 12.3 Å². The molecule has 5 heteroatoms. The van der Waals surface area contributed by atoms with Crippen LogP contribution >= 0.6 is 27.5 Å². The molecule has 3 nitrogen and oxygen atoms in total. The van der Waals surface area contributed by atoms with Crippen molar-refractivity contribution in [1.29, 1.82) is 5.26 Å². The molecule has 0 saturated carbocycles. The fraction of sp³-hybridized carbons (Fsp3) is 0.455. The number of nitriles is 1. The molecule has 0 aliphatic heterocycles. The number of rotatable bonds is 4. The molecule has 0 atom stereocenters. The minimum absolute atomic E-state index is 0.229. The summed E-state index contributed by atoms with van der Waals surface area (Å²) >= 11 is 8.76. The van der Waals surface area contributed by atoms with Crippen molar-refractivity contribution >= 4 is 32.8 Å². The smallest absolute Gasteiger partial charge is 0.222 e. The first-order valence-corrected chi connectivity index (χ1v) is 5.95. The Labute approximate surface area is 108 Å². The van der Waals surface area contributed by atoms with Crippen molar-refractivity contribution < 1.29 is 4.79 Å². The van der Waals surface area contributed by atoms with Crippen LogP contribution in [0.2, 0.25) is 0 Å². The molecule has 0 N–H and O–H groups in total. The van der Waals surface area contributed by atoms with Crippen LogP contribution in [0, 0.1) is 16.7 Å². The molecule has 0 amide bonds. The largest absolute Gasteiger partial charge is 0.340 e. The molecule has 0 radical (unpaired) electrons. The lowest BCUT2D eigenvalue weighted by Gasteiger charge is -2.23. The number of halogens is 2. The van der Waals surface area contributed by atoms with Gasteiger partial charge in [0.2, 0.25) is 5.24 Å². The van der Waals surface area contributed by atoms with Crippen LogP contribution in [-0.4, -0.2) is 9.81 Å². The molecule has 0 unspecified atom stereocenters. The van der Waals surface area contributed by atoms with Crippen molar-refractivity contribution in [2.24, 2.45) is 5.41 Å². The molecule has 0 aliphatic carbocycles. The van der Waals surface area contributed by atoms with Crippen LogP contribution in [0.4, 0.5) is 0 Å². The SMILES string of the molecule is CC(C)(CC(=O)Cl)Cn1cc(C#N)cc1Br. The lowest BCUT2D eigenvalue weighted by atomic mass is 9.90. The molecule has 0 aromatic carbocycles. The summed E-state index contributed by atoms with van der Waals surface area (Å²) in [5, 5.41) is 8.42. The standard InChI is InChI=1S/C11H12BrClN2O/c1-11(2,4-10(13)16)7-15-6-8(5-14)3-9(15)12/h3,6H,4,7H2,1-2H3. The first kappa shape index (κ1) is 13.3. The summed E-state index contributed by atoms with van der Waals surface area (Å²) in [4.78, 5) is 10.9. The predicted octanol–water partition coefficient (Wildman–Crippen LogP) is 3.30. The highest BCUT2D eigenvalue weighted by atomic mass is 79.9. The summed E-state index contributed by atoms with van der Waals surface area (Å²) in [7, 11) is 0. The monoisotopic (exact) mass is 302 g/mol. The molecule has 1 aromatic rings. The Kier molecular flexibility index (Phi) is 4.17. The quantitative estimate of drug-likeness (QED) is 0.801. The summed E-state index contributed by atoms with van der Waals surface area (Å²) in [5.74, 6) is 0. The minimum Gasteiger partial charge on any atom is -0.340 e. The van der Waals surface area contributed by atoms with Gasteiger partial charge in [0.15, 0.2) is 0 Å². The van der Waals surface area contributed by atoms with Gasteiger partial charge in [-0.25, -0.2) is 0 Å². The van der Waals surface area contributed by atoms with Gasteiger partial charge in [0, 0.05) is 19.2 Å². The second-order valence-electron chi connectivity index (χ2n) is 4.49. The van der Waals surface area contributed by atoms with Crippen molar-refractivity contribution in [3.63, 3.8) is 0 Å². The number of hydrogen-bond acceptors (Lipinski definition) is 2. The highest BCUT2D eigenvalue weighted by molar-refractivity contribution is 9.10. The Balaban J connectivity index is 2.83. The van der Waals surface area contributed by atoms with Gasteiger partial charge >= 0.3 is 0 Å². The van der Waals surface area contributed by atoms with E-state index in [1.165, 1.54) is 0 Å². The predicted molar refractivity (Wildman–Crippen MR) is 66.1 cm³/mol. The molecule has 86 valence electrons. The molecular weight excluding hydrogens is 291 g/mol. The number of aromatic nitrogens is 1. The van der Waals surface area contributed by atoms with E-state index in [2.05, 4.69) is 22.0 Å². The summed E-state index contributed by atoms with van der Waals surface area (Å²) < 4.78 is 2.73. The van der Waals surface area contributed by atoms with E-state index >= 15 is 0 Å². The van der Waals surface area contributed by atoms with Crippen molar-refractivity contribution in [3.8, 4) is 6.07 Å². The fourth-order valence-corrected chi connectivity index (χ4v) is 2.39. The Bertz CT molecular complexity index is 445. The number of carbonyl (C=O) groups is 1. The lowest BCUT2D eigenvalue weighted by Crippen LogP contribution is -2.21. The maximum Gasteiger partial charge on any atom is 0.222 e. The van der Waals surface area contributed by atoms with Crippen LogP contribution in [0.25, 0.3) is 0 Å². The van der Waals surface area contributed by atoms with E-state index < -0.39 is 0 Å². The maximum atomic E-state index is 10.9. The third-order valence-corrected chi connectivity index (χ3v) is 3.01. The van der Waals surface area contributed by atoms with Crippen LogP contribution in [0.3, 0.4) is 0 Å². The molecule has 0 saturated heterocycles. The van der Waals surface area contributed by atoms with Crippen LogP contribution in [0.15, 0.2) is 16.9 Å². The average Bonchev–Trinajstić information content (AvgIpc) is 2.44. The topological polar surface area (TPSA) is 45.8 Å². The zero-order chi connectivity index (χ0) is 12.3. The van der Waals surface area contributed by atoms with Crippen molar-refractivity contribution in [1.82, 2.24) is 4.57 Å². The molecule has 1 aromatic heterocycles.